The number of nitrogens with zero attached hydrogens (tertiary/aromatic N) is 3. The van der Waals surface area contributed by atoms with Gasteiger partial charge in [-0.1, -0.05) is 23.2 Å². The average molecular weight is 516 g/mol. The van der Waals surface area contributed by atoms with Gasteiger partial charge in [-0.25, -0.2) is 4.98 Å². The number of hydrogen-bond donors (Lipinski definition) is 2. The second kappa shape index (κ2) is 9.54. The lowest BCUT2D eigenvalue weighted by Crippen LogP contribution is -2.35. The molecule has 11 heteroatoms. The second-order valence-electron chi connectivity index (χ2n) is 8.28. The molecule has 1 saturated heterocycles. The molecule has 0 unspecified atom stereocenters. The zero-order valence-electron chi connectivity index (χ0n) is 18.0. The number of aromatic hydroxyl groups is 2. The smallest absolute Gasteiger partial charge is 0.433 e. The van der Waals surface area contributed by atoms with Crippen molar-refractivity contribution in [1.29, 1.82) is 0 Å². The molecule has 1 amide bonds. The third-order valence-corrected chi connectivity index (χ3v) is 6.90. The molecule has 0 spiro atoms. The minimum atomic E-state index is -4.57. The van der Waals surface area contributed by atoms with Crippen LogP contribution in [0.15, 0.2) is 18.2 Å². The van der Waals surface area contributed by atoms with E-state index >= 15 is 0 Å². The Kier molecular flexibility index (Phi) is 6.87. The highest BCUT2D eigenvalue weighted by atomic mass is 35.5. The lowest BCUT2D eigenvalue weighted by Gasteiger charge is -2.30. The fourth-order valence-electron chi connectivity index (χ4n) is 4.26. The first-order valence-corrected chi connectivity index (χ1v) is 11.5. The van der Waals surface area contributed by atoms with Crippen LogP contribution >= 0.6 is 23.2 Å². The Morgan fingerprint density at radius 2 is 1.65 bits per heavy atom. The van der Waals surface area contributed by atoms with Gasteiger partial charge in [0.25, 0.3) is 0 Å². The Hall–Kier alpha value is -2.65. The van der Waals surface area contributed by atoms with E-state index in [-0.39, 0.29) is 28.3 Å². The van der Waals surface area contributed by atoms with Crippen molar-refractivity contribution in [2.24, 2.45) is 0 Å². The van der Waals surface area contributed by atoms with Gasteiger partial charge in [-0.3, -0.25) is 4.79 Å². The van der Waals surface area contributed by atoms with Gasteiger partial charge in [-0.2, -0.15) is 13.2 Å². The number of rotatable bonds is 3. The Morgan fingerprint density at radius 3 is 2.29 bits per heavy atom. The molecule has 6 nitrogen and oxygen atoms in total. The Bertz CT molecular complexity index is 1150. The molecule has 1 aromatic heterocycles. The third-order valence-electron chi connectivity index (χ3n) is 6.08. The summed E-state index contributed by atoms with van der Waals surface area (Å²) in [7, 11) is 0. The second-order valence-corrected chi connectivity index (χ2v) is 9.04. The van der Waals surface area contributed by atoms with Gasteiger partial charge >= 0.3 is 6.18 Å². The van der Waals surface area contributed by atoms with Crippen LogP contribution in [0.2, 0.25) is 10.0 Å². The van der Waals surface area contributed by atoms with E-state index in [1.165, 1.54) is 23.1 Å². The third kappa shape index (κ3) is 4.77. The van der Waals surface area contributed by atoms with Crippen LogP contribution in [0, 0.1) is 0 Å². The highest BCUT2D eigenvalue weighted by Gasteiger charge is 2.34. The van der Waals surface area contributed by atoms with E-state index in [0.29, 0.717) is 42.7 Å². The summed E-state index contributed by atoms with van der Waals surface area (Å²) < 4.78 is 39.7. The largest absolute Gasteiger partial charge is 0.503 e. The van der Waals surface area contributed by atoms with Gasteiger partial charge in [0.1, 0.15) is 11.5 Å². The number of halogens is 5. The maximum Gasteiger partial charge on any atom is 0.433 e. The van der Waals surface area contributed by atoms with Gasteiger partial charge < -0.3 is 20.0 Å². The number of amides is 1. The number of carbonyl (C=O) groups excluding carboxylic acids is 1. The Morgan fingerprint density at radius 1 is 1.00 bits per heavy atom. The first-order valence-electron chi connectivity index (χ1n) is 10.8. The summed E-state index contributed by atoms with van der Waals surface area (Å²) in [6.07, 6.45) is 1.25. The molecule has 0 atom stereocenters. The molecule has 1 fully saturated rings. The van der Waals surface area contributed by atoms with Crippen LogP contribution < -0.4 is 4.90 Å². The minimum Gasteiger partial charge on any atom is -0.503 e. The standard InChI is InChI=1S/C23H22Cl2F3N3O3/c24-18-14-8-11-31(12-15(14)19(25)21(34)20(18)33)17(32)7-5-13-4-6-16(23(26,27)28)29-22(13)30-9-2-1-3-10-30/h4-7,33-34H,1-3,8-12H2/b7-5+. The molecular weight excluding hydrogens is 494 g/mol. The summed E-state index contributed by atoms with van der Waals surface area (Å²) in [4.78, 5) is 20.0. The van der Waals surface area contributed by atoms with Crippen LogP contribution in [0.25, 0.3) is 6.08 Å². The molecule has 2 N–H and O–H groups in total. The number of aromatic nitrogens is 1. The monoisotopic (exact) mass is 515 g/mol. The molecule has 0 radical (unpaired) electrons. The van der Waals surface area contributed by atoms with Crippen LogP contribution in [0.3, 0.4) is 0 Å². The number of alkyl halides is 3. The molecule has 34 heavy (non-hydrogen) atoms. The first kappa shape index (κ1) is 24.5. The van der Waals surface area contributed by atoms with Gasteiger partial charge in [-0.15, -0.1) is 0 Å². The molecule has 0 aliphatic carbocycles. The van der Waals surface area contributed by atoms with Gasteiger partial charge in [0, 0.05) is 37.8 Å². The number of benzene rings is 1. The Labute approximate surface area is 204 Å². The minimum absolute atomic E-state index is 0.00143. The van der Waals surface area contributed by atoms with E-state index in [4.69, 9.17) is 23.2 Å². The highest BCUT2D eigenvalue weighted by molar-refractivity contribution is 6.36. The molecule has 2 aliphatic heterocycles. The Balaban J connectivity index is 1.59. The zero-order valence-corrected chi connectivity index (χ0v) is 19.5. The number of pyridine rings is 1. The molecule has 2 aromatic rings. The van der Waals surface area contributed by atoms with Crippen molar-refractivity contribution < 1.29 is 28.2 Å². The summed E-state index contributed by atoms with van der Waals surface area (Å²) in [5.74, 6) is -1.21. The average Bonchev–Trinajstić information content (AvgIpc) is 2.84. The fraction of sp³-hybridized carbons (Fsp3) is 0.391. The topological polar surface area (TPSA) is 76.9 Å². The number of phenols is 2. The number of phenolic OH excluding ortho intramolecular Hbond substituents is 2. The van der Waals surface area contributed by atoms with Gasteiger partial charge in [0.2, 0.25) is 5.91 Å². The number of piperidine rings is 1. The van der Waals surface area contributed by atoms with Crippen molar-refractivity contribution in [3.63, 3.8) is 0 Å². The van der Waals surface area contributed by atoms with Crippen LogP contribution in [0.1, 0.15) is 41.6 Å². The van der Waals surface area contributed by atoms with Gasteiger partial charge in [0.05, 0.1) is 10.0 Å². The number of anilines is 1. The molecular formula is C23H22Cl2F3N3O3. The van der Waals surface area contributed by atoms with Crippen molar-refractivity contribution in [2.45, 2.75) is 38.4 Å². The lowest BCUT2D eigenvalue weighted by molar-refractivity contribution is -0.141. The molecule has 4 rings (SSSR count). The zero-order chi connectivity index (χ0) is 24.6. The molecule has 182 valence electrons. The van der Waals surface area contributed by atoms with E-state index in [1.54, 1.807) is 0 Å². The van der Waals surface area contributed by atoms with Crippen molar-refractivity contribution in [3.8, 4) is 11.5 Å². The maximum absolute atomic E-state index is 13.2. The van der Waals surface area contributed by atoms with Crippen molar-refractivity contribution in [2.75, 3.05) is 24.5 Å². The molecule has 3 heterocycles. The van der Waals surface area contributed by atoms with Crippen molar-refractivity contribution >= 4 is 41.0 Å². The van der Waals surface area contributed by atoms with Crippen LogP contribution in [0.5, 0.6) is 11.5 Å². The van der Waals surface area contributed by atoms with Crippen molar-refractivity contribution in [3.05, 3.63) is 50.6 Å². The number of hydrogen-bond acceptors (Lipinski definition) is 5. The molecule has 1 aromatic carbocycles. The molecule has 0 bridgehead atoms. The van der Waals surface area contributed by atoms with E-state index in [9.17, 15) is 28.2 Å². The predicted molar refractivity (Wildman–Crippen MR) is 123 cm³/mol. The van der Waals surface area contributed by atoms with Gasteiger partial charge in [-0.05, 0) is 55.0 Å². The van der Waals surface area contributed by atoms with E-state index in [0.717, 1.165) is 25.3 Å². The van der Waals surface area contributed by atoms with E-state index < -0.39 is 23.4 Å². The first-order chi connectivity index (χ1) is 16.1. The number of fused-ring (bicyclic) bond motifs is 1. The highest BCUT2D eigenvalue weighted by Crippen LogP contribution is 2.46. The quantitative estimate of drug-likeness (QED) is 0.422. The van der Waals surface area contributed by atoms with Crippen molar-refractivity contribution in [1.82, 2.24) is 9.88 Å². The normalized spacial score (nSPS) is 16.7. The maximum atomic E-state index is 13.2. The van der Waals surface area contributed by atoms with Gasteiger partial charge in [0.15, 0.2) is 11.5 Å². The molecule has 0 saturated carbocycles. The fourth-order valence-corrected chi connectivity index (χ4v) is 4.82. The van der Waals surface area contributed by atoms with E-state index in [2.05, 4.69) is 4.98 Å². The molecule has 2 aliphatic rings. The predicted octanol–water partition coefficient (Wildman–Crippen LogP) is 5.41. The summed E-state index contributed by atoms with van der Waals surface area (Å²) in [6, 6.07) is 2.23. The summed E-state index contributed by atoms with van der Waals surface area (Å²) >= 11 is 12.3. The van der Waals surface area contributed by atoms with Crippen LogP contribution in [0.4, 0.5) is 19.0 Å². The summed E-state index contributed by atoms with van der Waals surface area (Å²) in [6.45, 7) is 1.55. The van der Waals surface area contributed by atoms with E-state index in [1.807, 2.05) is 4.90 Å². The van der Waals surface area contributed by atoms with Crippen LogP contribution in [-0.2, 0) is 23.9 Å². The van der Waals surface area contributed by atoms with Crippen LogP contribution in [-0.4, -0.2) is 45.6 Å². The SMILES string of the molecule is O=C(/C=C/c1ccc(C(F)(F)F)nc1N1CCCCC1)N1CCc2c(Cl)c(O)c(O)c(Cl)c2C1. The number of carbonyl (C=O) groups is 1. The lowest BCUT2D eigenvalue weighted by atomic mass is 9.98. The summed E-state index contributed by atoms with van der Waals surface area (Å²) in [5, 5.41) is 19.8. The summed E-state index contributed by atoms with van der Waals surface area (Å²) in [5.41, 5.74) is 0.456.